The number of nitrogens with two attached hydrogens (primary N) is 3. The zero-order valence-corrected chi connectivity index (χ0v) is 61.3. The maximum atomic E-state index is 14.5. The van der Waals surface area contributed by atoms with Crippen molar-refractivity contribution in [2.75, 3.05) is 85.1 Å². The number of nitrogens with zero attached hydrogens (tertiary/aromatic N) is 4. The van der Waals surface area contributed by atoms with Gasteiger partial charge in [0.1, 0.15) is 42.0 Å². The number of phenolic OH excluding ortho intramolecular Hbond substituents is 1. The van der Waals surface area contributed by atoms with Crippen molar-refractivity contribution in [2.24, 2.45) is 17.2 Å². The second-order valence-corrected chi connectivity index (χ2v) is 25.0. The van der Waals surface area contributed by atoms with Gasteiger partial charge in [-0.1, -0.05) is 49.2 Å². The minimum absolute atomic E-state index is 0. The Morgan fingerprint density at radius 2 is 0.859 bits per heavy atom. The van der Waals surface area contributed by atoms with Crippen molar-refractivity contribution in [3.05, 3.63) is 63.2 Å². The third-order valence-electron chi connectivity index (χ3n) is 15.9. The molecule has 34 nitrogen and oxygen atoms in total. The summed E-state index contributed by atoms with van der Waals surface area (Å²) >= 11 is 1.89. The first kappa shape index (κ1) is 87.2. The summed E-state index contributed by atoms with van der Waals surface area (Å²) < 4.78 is 0.420. The molecule has 1 aliphatic rings. The van der Waals surface area contributed by atoms with Crippen LogP contribution in [-0.2, 0) is 75.2 Å². The maximum Gasteiger partial charge on any atom is 0.326 e. The van der Waals surface area contributed by atoms with Crippen LogP contribution in [-0.4, -0.2) is 282 Å². The molecule has 548 valence electrons. The normalized spacial score (nSPS) is 15.2. The van der Waals surface area contributed by atoms with E-state index in [-0.39, 0.29) is 188 Å². The number of halogens is 1. The smallest absolute Gasteiger partial charge is 0.326 e. The van der Waals surface area contributed by atoms with E-state index in [1.165, 1.54) is 12.1 Å². The fraction of sp³-hybridized carbons (Fsp3) is 0.587. The summed E-state index contributed by atoms with van der Waals surface area (Å²) in [5.74, 6) is -11.7. The number of aliphatic carboxylic acids is 5. The molecule has 0 bridgehead atoms. The zero-order valence-electron chi connectivity index (χ0n) is 55.3. The van der Waals surface area contributed by atoms with Gasteiger partial charge in [0.2, 0.25) is 47.3 Å². The van der Waals surface area contributed by atoms with Crippen molar-refractivity contribution in [3.8, 4) is 5.75 Å². The molecular formula is C63H95IN14O20Pb. The predicted octanol–water partition coefficient (Wildman–Crippen LogP) is -2.16. The number of carbonyl (C=O) groups is 14. The molecule has 4 radical (unpaired) electrons. The van der Waals surface area contributed by atoms with E-state index in [4.69, 9.17) is 22.3 Å². The molecule has 19 N–H and O–H groups in total. The van der Waals surface area contributed by atoms with E-state index < -0.39 is 127 Å². The van der Waals surface area contributed by atoms with E-state index in [9.17, 15) is 92.7 Å². The topological polar surface area (TPSA) is 536 Å². The number of nitrogens with one attached hydrogen (secondary N) is 7. The Hall–Kier alpha value is -7.89. The first-order chi connectivity index (χ1) is 46.5. The van der Waals surface area contributed by atoms with Gasteiger partial charge in [-0.3, -0.25) is 67.5 Å². The minimum atomic E-state index is -1.54. The fourth-order valence-electron chi connectivity index (χ4n) is 10.6. The van der Waals surface area contributed by atoms with Gasteiger partial charge >= 0.3 is 35.9 Å². The summed E-state index contributed by atoms with van der Waals surface area (Å²) in [6, 6.07) is 3.51. The first-order valence-electron chi connectivity index (χ1n) is 32.4. The van der Waals surface area contributed by atoms with Crippen LogP contribution in [0, 0.1) is 3.57 Å². The van der Waals surface area contributed by atoms with Gasteiger partial charge in [-0.2, -0.15) is 0 Å². The molecule has 3 rings (SSSR count). The number of carboxylic acids is 5. The van der Waals surface area contributed by atoms with Crippen LogP contribution in [0.2, 0.25) is 0 Å². The summed E-state index contributed by atoms with van der Waals surface area (Å²) in [6.45, 7) is 1.31. The van der Waals surface area contributed by atoms with Crippen molar-refractivity contribution >= 4 is 133 Å². The number of primary amides is 3. The molecule has 10 amide bonds. The second kappa shape index (κ2) is 48.0. The van der Waals surface area contributed by atoms with Gasteiger partial charge in [0, 0.05) is 131 Å². The number of hydrogen-bond acceptors (Lipinski definition) is 19. The number of amides is 10. The van der Waals surface area contributed by atoms with Crippen LogP contribution in [0.1, 0.15) is 114 Å². The van der Waals surface area contributed by atoms with E-state index in [0.29, 0.717) is 53.2 Å². The van der Waals surface area contributed by atoms with Gasteiger partial charge in [-0.05, 0) is 110 Å². The number of urea groups is 1. The maximum absolute atomic E-state index is 14.5. The van der Waals surface area contributed by atoms with E-state index in [1.807, 2.05) is 22.6 Å². The molecule has 1 heterocycles. The number of hydrogen-bond donors (Lipinski definition) is 16. The summed E-state index contributed by atoms with van der Waals surface area (Å²) in [5.41, 5.74) is 17.7. The Labute approximate surface area is 607 Å². The average Bonchev–Trinajstić information content (AvgIpc) is 0.864. The van der Waals surface area contributed by atoms with Crippen LogP contribution >= 0.6 is 22.6 Å². The SMILES string of the molecule is NC(=O)CN1CCN(CC(N)=O)CCN(C(CCC(=O)N[C@H](Cc2ccc(O)c(I)c2)C(=O)N[C@H](Cc2ccccc2)C(=O)N[C@H](CCCCNC(=O)CCCCCCC(=O)NCCCC[C@H](NC(=O)N[C@@H](CCC(=O)O)C(=O)O)C(=O)O)C(=O)O)C(=O)O)CCN(CC(N)=O)CC1.[212Pb]. The molecule has 2 aromatic rings. The molecule has 1 unspecified atom stereocenters. The van der Waals surface area contributed by atoms with Crippen molar-refractivity contribution in [3.63, 3.8) is 0 Å². The molecule has 2 aromatic carbocycles. The molecule has 6 atom stereocenters. The van der Waals surface area contributed by atoms with Crippen LogP contribution in [0.25, 0.3) is 0 Å². The van der Waals surface area contributed by atoms with Crippen molar-refractivity contribution in [2.45, 2.75) is 152 Å². The number of carbonyl (C=O) groups excluding carboxylic acids is 9. The molecule has 36 heteroatoms. The van der Waals surface area contributed by atoms with E-state index in [1.54, 1.807) is 56.0 Å². The molecule has 0 aromatic heterocycles. The summed E-state index contributed by atoms with van der Waals surface area (Å²) in [6.07, 6.45) is 1.99. The standard InChI is InChI=1S/C63H95IN14O20.Pb/c64-42-34-41(18-21-49(42)79)36-46(70-55(85)22-20-48(62(96)97)78-32-30-76(38-51(66)81)28-26-75(37-50(65)80)27-29-77(31-33-78)39-52(67)82)57(88)72-47(35-40-12-4-3-5-13-40)58(89)71-43(59(90)91)14-8-10-24-68-53(83)16-6-1-2-7-17-54(84)69-25-11-9-15-44(60(92)93)73-63(98)74-45(61(94)95)19-23-56(86)87;/h3-5,12-13,18,21,34,43-48,79H,1-2,6-11,14-17,19-20,22-33,35-39H2,(H2,65,80)(H2,66,81)(H2,67,82)(H,68,83)(H,69,84)(H,70,85)(H,71,89)(H,72,88)(H,86,87)(H,90,91)(H,92,93)(H,94,95)(H,96,97)(H2,73,74,98);/t43-,44+,45+,46-,47-,48?;/m1./s1/i;1+5. The van der Waals surface area contributed by atoms with Gasteiger partial charge in [0.05, 0.1) is 23.2 Å². The summed E-state index contributed by atoms with van der Waals surface area (Å²) in [5, 5.41) is 76.5. The molecule has 0 aliphatic carbocycles. The Kier molecular flexibility index (Phi) is 42.3. The Balaban J connectivity index is 0.0000333. The number of phenols is 1. The molecule has 1 fully saturated rings. The van der Waals surface area contributed by atoms with Crippen LogP contribution in [0.5, 0.6) is 5.75 Å². The monoisotopic (exact) mass is 1710 g/mol. The quantitative estimate of drug-likeness (QED) is 0.0191. The number of carboxylic acid groups (broad SMARTS) is 5. The third kappa shape index (κ3) is 37.8. The van der Waals surface area contributed by atoms with Crippen LogP contribution in [0.4, 0.5) is 4.79 Å². The third-order valence-corrected chi connectivity index (χ3v) is 16.8. The van der Waals surface area contributed by atoms with E-state index in [2.05, 4.69) is 37.2 Å². The predicted molar refractivity (Wildman–Crippen MR) is 366 cm³/mol. The molecule has 0 saturated carbocycles. The first-order valence-corrected chi connectivity index (χ1v) is 33.5. The minimum Gasteiger partial charge on any atom is -0.507 e. The van der Waals surface area contributed by atoms with E-state index in [0.717, 1.165) is 0 Å². The van der Waals surface area contributed by atoms with Crippen LogP contribution in [0.15, 0.2) is 48.5 Å². The van der Waals surface area contributed by atoms with Crippen molar-refractivity contribution in [1.29, 1.82) is 0 Å². The van der Waals surface area contributed by atoms with Crippen molar-refractivity contribution < 1.29 is 97.8 Å². The number of unbranched alkanes of at least 4 members (excludes halogenated alkanes) is 5. The Bertz CT molecular complexity index is 2980. The van der Waals surface area contributed by atoms with E-state index >= 15 is 0 Å². The zero-order chi connectivity index (χ0) is 72.7. The second-order valence-electron chi connectivity index (χ2n) is 23.9. The number of rotatable bonds is 45. The molecule has 1 aliphatic heterocycles. The van der Waals surface area contributed by atoms with Crippen LogP contribution in [0.3, 0.4) is 0 Å². The Morgan fingerprint density at radius 3 is 1.29 bits per heavy atom. The fourth-order valence-corrected chi connectivity index (χ4v) is 11.2. The van der Waals surface area contributed by atoms with Gasteiger partial charge in [0.25, 0.3) is 0 Å². The molecular weight excluding hydrogens is 1610 g/mol. The van der Waals surface area contributed by atoms with Gasteiger partial charge < -0.3 is 85.1 Å². The van der Waals surface area contributed by atoms with Gasteiger partial charge in [-0.25, -0.2) is 19.2 Å². The van der Waals surface area contributed by atoms with Gasteiger partial charge in [0.15, 0.2) is 0 Å². The Morgan fingerprint density at radius 1 is 0.434 bits per heavy atom. The number of benzene rings is 2. The molecule has 0 spiro atoms. The van der Waals surface area contributed by atoms with Crippen molar-refractivity contribution in [1.82, 2.24) is 56.8 Å². The number of aromatic hydroxyl groups is 1. The molecule has 99 heavy (non-hydrogen) atoms. The largest absolute Gasteiger partial charge is 0.507 e. The summed E-state index contributed by atoms with van der Waals surface area (Å²) in [4.78, 5) is 182. The average molecular weight is 1710 g/mol. The summed E-state index contributed by atoms with van der Waals surface area (Å²) in [7, 11) is 0. The van der Waals surface area contributed by atoms with Crippen LogP contribution < -0.4 is 54.4 Å². The van der Waals surface area contributed by atoms with Gasteiger partial charge in [-0.15, -0.1) is 0 Å². The molecule has 1 saturated heterocycles.